The van der Waals surface area contributed by atoms with Crippen molar-refractivity contribution in [3.63, 3.8) is 0 Å². The molecule has 1 aliphatic heterocycles. The SMILES string of the molecule is COc1ccc([C]2c3ccccc3Sc3ccc(Cl)cc32)cc1. The van der Waals surface area contributed by atoms with Gasteiger partial charge in [0, 0.05) is 14.8 Å². The summed E-state index contributed by atoms with van der Waals surface area (Å²) >= 11 is 8.05. The molecule has 23 heavy (non-hydrogen) atoms. The van der Waals surface area contributed by atoms with Gasteiger partial charge in [0.25, 0.3) is 0 Å². The lowest BCUT2D eigenvalue weighted by Crippen LogP contribution is -2.10. The van der Waals surface area contributed by atoms with E-state index in [1.54, 1.807) is 18.9 Å². The summed E-state index contributed by atoms with van der Waals surface area (Å²) in [6.45, 7) is 0. The maximum atomic E-state index is 6.26. The summed E-state index contributed by atoms with van der Waals surface area (Å²) in [7, 11) is 1.68. The Kier molecular flexibility index (Phi) is 3.80. The fourth-order valence-corrected chi connectivity index (χ4v) is 4.12. The van der Waals surface area contributed by atoms with Crippen molar-refractivity contribution in [2.24, 2.45) is 0 Å². The maximum Gasteiger partial charge on any atom is 0.118 e. The molecule has 1 aliphatic rings. The van der Waals surface area contributed by atoms with Crippen LogP contribution in [0, 0.1) is 5.92 Å². The van der Waals surface area contributed by atoms with Gasteiger partial charge in [-0.1, -0.05) is 53.7 Å². The van der Waals surface area contributed by atoms with E-state index in [1.165, 1.54) is 32.4 Å². The predicted molar refractivity (Wildman–Crippen MR) is 95.6 cm³/mol. The smallest absolute Gasteiger partial charge is 0.118 e. The highest BCUT2D eigenvalue weighted by molar-refractivity contribution is 7.99. The first kappa shape index (κ1) is 14.7. The van der Waals surface area contributed by atoms with E-state index in [1.807, 2.05) is 18.2 Å². The number of benzene rings is 3. The molecule has 3 heteroatoms. The minimum absolute atomic E-state index is 0.759. The van der Waals surface area contributed by atoms with Crippen LogP contribution < -0.4 is 4.74 Å². The van der Waals surface area contributed by atoms with Crippen LogP contribution in [-0.4, -0.2) is 7.11 Å². The van der Waals surface area contributed by atoms with Gasteiger partial charge in [0.2, 0.25) is 0 Å². The molecule has 0 aromatic heterocycles. The third-order valence-electron chi connectivity index (χ3n) is 3.97. The quantitative estimate of drug-likeness (QED) is 0.455. The standard InChI is InChI=1S/C20H14ClOS/c1-22-15-9-6-13(7-10-15)20-16-4-2-3-5-18(16)23-19-11-8-14(21)12-17(19)20/h2-12H,1H3. The molecule has 113 valence electrons. The molecular weight excluding hydrogens is 324 g/mol. The molecule has 0 spiro atoms. The molecule has 0 saturated heterocycles. The Morgan fingerprint density at radius 1 is 0.826 bits per heavy atom. The Morgan fingerprint density at radius 2 is 1.57 bits per heavy atom. The van der Waals surface area contributed by atoms with Crippen molar-refractivity contribution in [3.8, 4) is 5.75 Å². The van der Waals surface area contributed by atoms with Gasteiger partial charge in [0.05, 0.1) is 13.0 Å². The van der Waals surface area contributed by atoms with Crippen LogP contribution in [0.25, 0.3) is 0 Å². The van der Waals surface area contributed by atoms with Gasteiger partial charge in [-0.3, -0.25) is 0 Å². The summed E-state index contributed by atoms with van der Waals surface area (Å²) in [5, 5.41) is 0.759. The van der Waals surface area contributed by atoms with Crippen LogP contribution in [0.1, 0.15) is 16.7 Å². The molecule has 3 aromatic carbocycles. The van der Waals surface area contributed by atoms with Crippen molar-refractivity contribution in [2.75, 3.05) is 7.11 Å². The average molecular weight is 338 g/mol. The zero-order valence-corrected chi connectivity index (χ0v) is 14.1. The van der Waals surface area contributed by atoms with E-state index in [-0.39, 0.29) is 0 Å². The summed E-state index contributed by atoms with van der Waals surface area (Å²) in [5.41, 5.74) is 3.60. The van der Waals surface area contributed by atoms with Gasteiger partial charge < -0.3 is 4.74 Å². The number of methoxy groups -OCH3 is 1. The van der Waals surface area contributed by atoms with Crippen LogP contribution in [0.4, 0.5) is 0 Å². The highest BCUT2D eigenvalue weighted by atomic mass is 35.5. The number of hydrogen-bond donors (Lipinski definition) is 0. The molecule has 4 rings (SSSR count). The summed E-state index contributed by atoms with van der Waals surface area (Å²) in [6.07, 6.45) is 0. The molecule has 1 nitrogen and oxygen atoms in total. The molecule has 0 aliphatic carbocycles. The third kappa shape index (κ3) is 2.62. The van der Waals surface area contributed by atoms with Gasteiger partial charge in [-0.15, -0.1) is 0 Å². The van der Waals surface area contributed by atoms with E-state index >= 15 is 0 Å². The van der Waals surface area contributed by atoms with Gasteiger partial charge in [-0.2, -0.15) is 0 Å². The minimum atomic E-state index is 0.759. The molecule has 0 fully saturated rings. The normalized spacial score (nSPS) is 13.3. The molecule has 0 amide bonds. The van der Waals surface area contributed by atoms with Crippen LogP contribution in [0.15, 0.2) is 76.5 Å². The first-order chi connectivity index (χ1) is 11.3. The molecular formula is C20H14ClOS. The summed E-state index contributed by atoms with van der Waals surface area (Å²) in [4.78, 5) is 2.51. The molecule has 1 heterocycles. The summed E-state index contributed by atoms with van der Waals surface area (Å²) in [6, 6.07) is 22.8. The Labute approximate surface area is 145 Å². The molecule has 0 atom stereocenters. The van der Waals surface area contributed by atoms with E-state index in [2.05, 4.69) is 48.5 Å². The van der Waals surface area contributed by atoms with Gasteiger partial charge in [-0.05, 0) is 53.1 Å². The zero-order valence-electron chi connectivity index (χ0n) is 12.5. The van der Waals surface area contributed by atoms with Crippen molar-refractivity contribution in [1.29, 1.82) is 0 Å². The number of halogens is 1. The topological polar surface area (TPSA) is 9.23 Å². The average Bonchev–Trinajstić information content (AvgIpc) is 2.60. The Balaban J connectivity index is 1.91. The minimum Gasteiger partial charge on any atom is -0.497 e. The molecule has 0 bridgehead atoms. The number of fused-ring (bicyclic) bond motifs is 2. The molecule has 0 unspecified atom stereocenters. The highest BCUT2D eigenvalue weighted by Gasteiger charge is 2.28. The molecule has 1 radical (unpaired) electrons. The lowest BCUT2D eigenvalue weighted by Gasteiger charge is -2.27. The largest absolute Gasteiger partial charge is 0.497 e. The monoisotopic (exact) mass is 337 g/mol. The lowest BCUT2D eigenvalue weighted by atomic mass is 9.84. The number of rotatable bonds is 2. The van der Waals surface area contributed by atoms with Crippen molar-refractivity contribution < 1.29 is 4.74 Å². The second-order valence-electron chi connectivity index (χ2n) is 5.34. The van der Waals surface area contributed by atoms with Crippen LogP contribution in [0.5, 0.6) is 5.75 Å². The van der Waals surface area contributed by atoms with Crippen molar-refractivity contribution >= 4 is 23.4 Å². The Bertz CT molecular complexity index is 858. The van der Waals surface area contributed by atoms with Crippen LogP contribution in [0.2, 0.25) is 5.02 Å². The van der Waals surface area contributed by atoms with Crippen molar-refractivity contribution in [1.82, 2.24) is 0 Å². The number of ether oxygens (including phenoxy) is 1. The van der Waals surface area contributed by atoms with Crippen LogP contribution in [0.3, 0.4) is 0 Å². The van der Waals surface area contributed by atoms with Gasteiger partial charge in [0.15, 0.2) is 0 Å². The number of hydrogen-bond acceptors (Lipinski definition) is 2. The maximum absolute atomic E-state index is 6.26. The zero-order chi connectivity index (χ0) is 15.8. The molecule has 0 saturated carbocycles. The van der Waals surface area contributed by atoms with E-state index in [4.69, 9.17) is 16.3 Å². The van der Waals surface area contributed by atoms with Crippen molar-refractivity contribution in [2.45, 2.75) is 9.79 Å². The van der Waals surface area contributed by atoms with E-state index in [0.717, 1.165) is 10.8 Å². The molecule has 0 N–H and O–H groups in total. The fraction of sp³-hybridized carbons (Fsp3) is 0.0500. The fourth-order valence-electron chi connectivity index (χ4n) is 2.88. The highest BCUT2D eigenvalue weighted by Crippen LogP contribution is 2.48. The predicted octanol–water partition coefficient (Wildman–Crippen LogP) is 5.83. The lowest BCUT2D eigenvalue weighted by molar-refractivity contribution is 0.414. The third-order valence-corrected chi connectivity index (χ3v) is 5.35. The summed E-state index contributed by atoms with van der Waals surface area (Å²) < 4.78 is 5.28. The van der Waals surface area contributed by atoms with E-state index < -0.39 is 0 Å². The Morgan fingerprint density at radius 3 is 2.35 bits per heavy atom. The van der Waals surface area contributed by atoms with Crippen molar-refractivity contribution in [3.05, 3.63) is 94.4 Å². The molecule has 3 aromatic rings. The van der Waals surface area contributed by atoms with E-state index in [9.17, 15) is 0 Å². The van der Waals surface area contributed by atoms with Crippen LogP contribution >= 0.6 is 23.4 Å². The van der Waals surface area contributed by atoms with E-state index in [0.29, 0.717) is 0 Å². The summed E-state index contributed by atoms with van der Waals surface area (Å²) in [5.74, 6) is 2.08. The van der Waals surface area contributed by atoms with Gasteiger partial charge in [-0.25, -0.2) is 0 Å². The second-order valence-corrected chi connectivity index (χ2v) is 6.86. The Hall–Kier alpha value is -1.90. The van der Waals surface area contributed by atoms with Gasteiger partial charge >= 0.3 is 0 Å². The van der Waals surface area contributed by atoms with Gasteiger partial charge in [0.1, 0.15) is 5.75 Å². The second kappa shape index (κ2) is 5.95. The first-order valence-corrected chi connectivity index (χ1v) is 8.54. The van der Waals surface area contributed by atoms with Crippen LogP contribution in [-0.2, 0) is 0 Å². The first-order valence-electron chi connectivity index (χ1n) is 7.35.